The predicted octanol–water partition coefficient (Wildman–Crippen LogP) is 15.8. The van der Waals surface area contributed by atoms with Crippen LogP contribution in [0.1, 0.15) is 151 Å². The first-order chi connectivity index (χ1) is 30.2. The first kappa shape index (κ1) is 43.8. The van der Waals surface area contributed by atoms with Gasteiger partial charge in [0, 0.05) is 43.2 Å². The zero-order chi connectivity index (χ0) is 46.6. The summed E-state index contributed by atoms with van der Waals surface area (Å²) in [5.41, 5.74) is 21.5. The lowest BCUT2D eigenvalue weighted by Gasteiger charge is -2.44. The van der Waals surface area contributed by atoms with Gasteiger partial charge < -0.3 is 9.80 Å². The van der Waals surface area contributed by atoms with Crippen molar-refractivity contribution in [1.29, 1.82) is 0 Å². The molecule has 3 heterocycles. The number of rotatable bonds is 3. The Labute approximate surface area is 395 Å². The Kier molecular flexibility index (Phi) is 9.59. The van der Waals surface area contributed by atoms with Crippen molar-refractivity contribution in [2.45, 2.75) is 150 Å². The minimum Gasteiger partial charge on any atom is -0.311 e. The van der Waals surface area contributed by atoms with E-state index in [1.165, 1.54) is 104 Å². The first-order valence-electron chi connectivity index (χ1n) is 24.1. The monoisotopic (exact) mass is 873 g/mol. The Morgan fingerprint density at radius 3 is 1.69 bits per heavy atom. The largest absolute Gasteiger partial charge is 0.311 e. The van der Waals surface area contributed by atoms with Crippen LogP contribution in [-0.4, -0.2) is 6.71 Å². The van der Waals surface area contributed by atoms with Crippen molar-refractivity contribution in [3.63, 3.8) is 0 Å². The molecule has 1 aliphatic carbocycles. The molecule has 6 aromatic carbocycles. The molecule has 332 valence electrons. The maximum atomic E-state index is 2.67. The highest BCUT2D eigenvalue weighted by Gasteiger charge is 2.47. The van der Waals surface area contributed by atoms with E-state index in [1.54, 1.807) is 0 Å². The molecule has 10 rings (SSSR count). The quantitative estimate of drug-likeness (QED) is 0.163. The summed E-state index contributed by atoms with van der Waals surface area (Å²) in [6.07, 6.45) is 1.14. The summed E-state index contributed by atoms with van der Waals surface area (Å²) < 4.78 is 2.77. The Morgan fingerprint density at radius 1 is 0.492 bits per heavy atom. The van der Waals surface area contributed by atoms with Crippen molar-refractivity contribution < 1.29 is 0 Å². The molecule has 0 saturated heterocycles. The topological polar surface area (TPSA) is 6.48 Å². The van der Waals surface area contributed by atoms with Crippen molar-refractivity contribution >= 4 is 78.0 Å². The van der Waals surface area contributed by atoms with Crippen LogP contribution in [0.15, 0.2) is 115 Å². The fraction of sp³-hybridized carbons (Fsp3) is 0.377. The van der Waals surface area contributed by atoms with E-state index < -0.39 is 0 Å². The van der Waals surface area contributed by atoms with Gasteiger partial charge in [0.1, 0.15) is 0 Å². The van der Waals surface area contributed by atoms with Crippen LogP contribution in [0.25, 0.3) is 21.2 Å². The number of nitrogens with zero attached hydrogens (tertiary/aromatic N) is 2. The highest BCUT2D eigenvalue weighted by Crippen LogP contribution is 2.54. The molecular formula is C61H69BN2S. The van der Waals surface area contributed by atoms with E-state index >= 15 is 0 Å². The molecule has 65 heavy (non-hydrogen) atoms. The summed E-state index contributed by atoms with van der Waals surface area (Å²) in [6.45, 7) is 37.8. The number of thiophene rings is 1. The number of anilines is 6. The molecule has 0 fully saturated rings. The Morgan fingerprint density at radius 2 is 1.05 bits per heavy atom. The van der Waals surface area contributed by atoms with Crippen molar-refractivity contribution in [3.05, 3.63) is 149 Å². The Bertz CT molecular complexity index is 3060. The second kappa shape index (κ2) is 14.2. The normalized spacial score (nSPS) is 16.4. The summed E-state index contributed by atoms with van der Waals surface area (Å²) in [4.78, 5) is 5.31. The van der Waals surface area contributed by atoms with Crippen LogP contribution in [0.2, 0.25) is 0 Å². The Hall–Kier alpha value is -5.06. The molecule has 1 aromatic heterocycles. The molecule has 0 saturated carbocycles. The fourth-order valence-corrected chi connectivity index (χ4v) is 12.9. The van der Waals surface area contributed by atoms with E-state index in [0.717, 1.165) is 6.42 Å². The van der Waals surface area contributed by atoms with Crippen molar-refractivity contribution in [2.75, 3.05) is 9.80 Å². The third-order valence-corrected chi connectivity index (χ3v) is 16.3. The minimum atomic E-state index is -0.0318. The molecule has 0 bridgehead atoms. The van der Waals surface area contributed by atoms with Crippen molar-refractivity contribution in [2.24, 2.45) is 0 Å². The second-order valence-corrected chi connectivity index (χ2v) is 26.2. The lowest BCUT2D eigenvalue weighted by Crippen LogP contribution is -2.60. The minimum absolute atomic E-state index is 0.0145. The average Bonchev–Trinajstić information content (AvgIpc) is 3.68. The number of hydrogen-bond donors (Lipinski definition) is 0. The van der Waals surface area contributed by atoms with Crippen LogP contribution < -0.4 is 25.5 Å². The maximum Gasteiger partial charge on any atom is 0.264 e. The van der Waals surface area contributed by atoms with E-state index in [-0.39, 0.29) is 39.2 Å². The zero-order valence-corrected chi connectivity index (χ0v) is 42.9. The van der Waals surface area contributed by atoms with E-state index in [9.17, 15) is 0 Å². The van der Waals surface area contributed by atoms with Gasteiger partial charge in [-0.05, 0) is 143 Å². The molecule has 0 unspecified atom stereocenters. The summed E-state index contributed by atoms with van der Waals surface area (Å²) in [5, 5.41) is 1.35. The van der Waals surface area contributed by atoms with Crippen LogP contribution in [0.3, 0.4) is 0 Å². The molecule has 3 aliphatic rings. The summed E-state index contributed by atoms with van der Waals surface area (Å²) in [5.74, 6) is 0. The number of benzene rings is 6. The van der Waals surface area contributed by atoms with Gasteiger partial charge in [0.25, 0.3) is 6.71 Å². The molecular weight excluding hydrogens is 804 g/mol. The van der Waals surface area contributed by atoms with Gasteiger partial charge in [-0.15, -0.1) is 11.3 Å². The van der Waals surface area contributed by atoms with Gasteiger partial charge in [-0.3, -0.25) is 0 Å². The fourth-order valence-electron chi connectivity index (χ4n) is 11.6. The van der Waals surface area contributed by atoms with Crippen molar-refractivity contribution in [1.82, 2.24) is 0 Å². The molecule has 0 spiro atoms. The van der Waals surface area contributed by atoms with Crippen LogP contribution in [-0.2, 0) is 32.5 Å². The Balaban J connectivity index is 1.30. The molecule has 2 nitrogen and oxygen atoms in total. The molecule has 7 aromatic rings. The summed E-state index contributed by atoms with van der Waals surface area (Å²) in [7, 11) is 0. The van der Waals surface area contributed by atoms with Gasteiger partial charge in [-0.25, -0.2) is 0 Å². The number of hydrogen-bond acceptors (Lipinski definition) is 3. The lowest BCUT2D eigenvalue weighted by molar-refractivity contribution is 0.403. The van der Waals surface area contributed by atoms with E-state index in [1.807, 2.05) is 11.3 Å². The van der Waals surface area contributed by atoms with Crippen molar-refractivity contribution in [3.8, 4) is 11.1 Å². The average molecular weight is 873 g/mol. The van der Waals surface area contributed by atoms with E-state index in [0.29, 0.717) is 0 Å². The molecule has 4 heteroatoms. The molecule has 0 radical (unpaired) electrons. The first-order valence-corrected chi connectivity index (χ1v) is 24.9. The second-order valence-electron chi connectivity index (χ2n) is 25.1. The van der Waals surface area contributed by atoms with Gasteiger partial charge >= 0.3 is 0 Å². The predicted molar refractivity (Wildman–Crippen MR) is 287 cm³/mol. The molecule has 2 aliphatic heterocycles. The van der Waals surface area contributed by atoms with Crippen LogP contribution >= 0.6 is 11.3 Å². The third-order valence-electron chi connectivity index (χ3n) is 15.1. The van der Waals surface area contributed by atoms with Crippen LogP contribution in [0.5, 0.6) is 0 Å². The third kappa shape index (κ3) is 7.03. The maximum absolute atomic E-state index is 2.67. The summed E-state index contributed by atoms with van der Waals surface area (Å²) >= 11 is 2.00. The van der Waals surface area contributed by atoms with Gasteiger partial charge in [0.2, 0.25) is 0 Å². The van der Waals surface area contributed by atoms with E-state index in [4.69, 9.17) is 0 Å². The summed E-state index contributed by atoms with van der Waals surface area (Å²) in [6, 6.07) is 46.0. The van der Waals surface area contributed by atoms with Gasteiger partial charge in [-0.1, -0.05) is 171 Å². The van der Waals surface area contributed by atoms with Gasteiger partial charge in [0.05, 0.1) is 11.4 Å². The molecule has 0 N–H and O–H groups in total. The highest BCUT2D eigenvalue weighted by molar-refractivity contribution is 7.33. The SMILES string of the molecule is CC(C)(C)c1ccc(-c2cc(C(C)(C)C)ccc2N2c3cc(C(C)(C)C)ccc3B3c4sc5ccc(C(C)(C)C)cc5c4N(c4ccc5c(c4)C(C)(C)CC5(C)C)c4cccc2c43)cc1. The highest BCUT2D eigenvalue weighted by atomic mass is 32.1. The smallest absolute Gasteiger partial charge is 0.264 e. The van der Waals surface area contributed by atoms with Gasteiger partial charge in [0.15, 0.2) is 0 Å². The zero-order valence-electron chi connectivity index (χ0n) is 42.1. The van der Waals surface area contributed by atoms with Gasteiger partial charge in [-0.2, -0.15) is 0 Å². The van der Waals surface area contributed by atoms with Crippen LogP contribution in [0, 0.1) is 0 Å². The molecule has 0 amide bonds. The van der Waals surface area contributed by atoms with Crippen LogP contribution in [0.4, 0.5) is 34.1 Å². The number of fused-ring (bicyclic) bond motifs is 7. The molecule has 0 atom stereocenters. The lowest BCUT2D eigenvalue weighted by atomic mass is 9.36. The van der Waals surface area contributed by atoms with E-state index in [2.05, 4.69) is 236 Å². The standard InChI is InChI=1S/C61H69BN2S/c1-56(2,3)38-22-20-37(21-23-38)43-32-39(57(4,5)6)25-30-48(43)64-50-19-17-18-49-53(50)62(47-29-24-41(34-51(47)64)59(10,11)12)55-54(44-33-40(58(7,8)9)26-31-52(44)65-55)63(49)42-27-28-45-46(35-42)61(15,16)36-60(45,13)14/h17-35H,36H2,1-16H3.